The number of rotatable bonds is 0. The van der Waals surface area contributed by atoms with Crippen molar-refractivity contribution in [2.75, 3.05) is 0 Å². The van der Waals surface area contributed by atoms with Gasteiger partial charge in [0.1, 0.15) is 0 Å². The Morgan fingerprint density at radius 1 is 0.789 bits per heavy atom. The van der Waals surface area contributed by atoms with Crippen LogP contribution in [0.3, 0.4) is 0 Å². The number of allylic oxidation sites excluding steroid dienone is 8. The summed E-state index contributed by atoms with van der Waals surface area (Å²) in [7, 11) is 0. The van der Waals surface area contributed by atoms with E-state index in [0.29, 0.717) is 16.6 Å². The second kappa shape index (κ2) is 18.7. The SMILES string of the molecule is C[Si](C)=[Ti]=[Si](C)C.Cl.Cl.[C-]1=CC=CC1.[C-]1=CC=CC1. The van der Waals surface area contributed by atoms with E-state index in [1.807, 2.05) is 24.3 Å². The molecule has 0 aromatic heterocycles. The molecule has 19 heavy (non-hydrogen) atoms. The quantitative estimate of drug-likeness (QED) is 0.416. The molecule has 0 spiro atoms. The van der Waals surface area contributed by atoms with Crippen molar-refractivity contribution in [2.24, 2.45) is 0 Å². The van der Waals surface area contributed by atoms with E-state index in [1.54, 1.807) is 0 Å². The molecule has 0 radical (unpaired) electrons. The van der Waals surface area contributed by atoms with Crippen molar-refractivity contribution in [3.05, 3.63) is 48.6 Å². The van der Waals surface area contributed by atoms with Crippen LogP contribution in [0, 0.1) is 12.2 Å². The van der Waals surface area contributed by atoms with Gasteiger partial charge in [0, 0.05) is 0 Å². The van der Waals surface area contributed by atoms with Crippen molar-refractivity contribution in [3.8, 4) is 0 Å². The molecular formula is C14H24Cl2Si2Ti-2. The molecule has 2 rings (SSSR count). The van der Waals surface area contributed by atoms with Gasteiger partial charge in [-0.2, -0.15) is 12.2 Å². The molecule has 0 N–H and O–H groups in total. The Morgan fingerprint density at radius 2 is 1.16 bits per heavy atom. The van der Waals surface area contributed by atoms with Crippen LogP contribution in [0.5, 0.6) is 0 Å². The van der Waals surface area contributed by atoms with Crippen LogP contribution in [0.25, 0.3) is 0 Å². The zero-order valence-corrected chi connectivity index (χ0v) is 17.4. The minimum atomic E-state index is 0. The molecule has 0 aromatic carbocycles. The first-order valence-corrected chi connectivity index (χ1v) is 15.6. The molecule has 0 bridgehead atoms. The van der Waals surface area contributed by atoms with E-state index in [2.05, 4.69) is 50.5 Å². The molecule has 0 saturated heterocycles. The molecule has 0 heterocycles. The third kappa shape index (κ3) is 24.1. The van der Waals surface area contributed by atoms with Gasteiger partial charge >= 0.3 is 55.2 Å². The normalized spacial score (nSPS) is 12.0. The molecule has 0 nitrogen and oxygen atoms in total. The molecule has 5 heteroatoms. The van der Waals surface area contributed by atoms with Crippen LogP contribution < -0.4 is 0 Å². The summed E-state index contributed by atoms with van der Waals surface area (Å²) in [5, 5.41) is 0. The van der Waals surface area contributed by atoms with Crippen LogP contribution in [-0.4, -0.2) is 12.4 Å². The molecule has 0 aliphatic heterocycles. The minimum absolute atomic E-state index is 0. The van der Waals surface area contributed by atoms with Gasteiger partial charge in [-0.15, -0.1) is 37.7 Å². The Labute approximate surface area is 140 Å². The largest absolute Gasteiger partial charge is 0.273 e. The fourth-order valence-electron chi connectivity index (χ4n) is 1.18. The average Bonchev–Trinajstić information content (AvgIpc) is 2.96. The standard InChI is InChI=1S/2C5H5.2C2H6Si.2ClH.Ti/c2*1-2-4-5-3-1;2*1-3-2;;;/h2*1-3H,4H2;2*1-2H3;2*1H;/q2*-1;;;;;. The van der Waals surface area contributed by atoms with Gasteiger partial charge in [-0.25, -0.2) is 24.3 Å². The van der Waals surface area contributed by atoms with Crippen molar-refractivity contribution in [1.82, 2.24) is 0 Å². The van der Waals surface area contributed by atoms with Crippen LogP contribution >= 0.6 is 24.8 Å². The van der Waals surface area contributed by atoms with Gasteiger partial charge < -0.3 is 0 Å². The maximum Gasteiger partial charge on any atom is -0.109 e. The van der Waals surface area contributed by atoms with Crippen LogP contribution in [0.4, 0.5) is 0 Å². The van der Waals surface area contributed by atoms with E-state index < -0.39 is 0 Å². The van der Waals surface area contributed by atoms with Gasteiger partial charge in [0.05, 0.1) is 0 Å². The first kappa shape index (κ1) is 24.7. The summed E-state index contributed by atoms with van der Waals surface area (Å²) in [6.45, 7) is 9.79. The third-order valence-electron chi connectivity index (χ3n) is 1.67. The van der Waals surface area contributed by atoms with Crippen LogP contribution in [-0.2, 0) is 16.6 Å². The van der Waals surface area contributed by atoms with E-state index in [4.69, 9.17) is 0 Å². The number of halogens is 2. The first-order chi connectivity index (χ1) is 8.13. The molecule has 0 amide bonds. The van der Waals surface area contributed by atoms with Crippen LogP contribution in [0.1, 0.15) is 12.8 Å². The topological polar surface area (TPSA) is 0 Å². The summed E-state index contributed by atoms with van der Waals surface area (Å²) < 4.78 is 0. The Bertz CT molecular complexity index is 328. The fraction of sp³-hybridized carbons (Fsp3) is 0.429. The summed E-state index contributed by atoms with van der Waals surface area (Å²) in [6.07, 6.45) is 20.5. The first-order valence-electron chi connectivity index (χ1n) is 5.93. The third-order valence-corrected chi connectivity index (χ3v) is 19.7. The van der Waals surface area contributed by atoms with E-state index >= 15 is 0 Å². The van der Waals surface area contributed by atoms with Crippen molar-refractivity contribution in [2.45, 2.75) is 39.0 Å². The van der Waals surface area contributed by atoms with Gasteiger partial charge in [-0.1, -0.05) is 0 Å². The zero-order chi connectivity index (χ0) is 12.9. The van der Waals surface area contributed by atoms with Crippen molar-refractivity contribution >= 4 is 37.2 Å². The minimum Gasteiger partial charge on any atom is -0.273 e. The monoisotopic (exact) mass is 366 g/mol. The molecule has 2 aliphatic rings. The molecule has 0 saturated carbocycles. The van der Waals surface area contributed by atoms with E-state index in [0.717, 1.165) is 12.8 Å². The Kier molecular flexibility index (Phi) is 24.3. The molecule has 108 valence electrons. The fourth-order valence-corrected chi connectivity index (χ4v) is 19.2. The summed E-state index contributed by atoms with van der Waals surface area (Å²) in [4.78, 5) is 0. The van der Waals surface area contributed by atoms with Crippen LogP contribution in [0.15, 0.2) is 36.5 Å². The zero-order valence-electron chi connectivity index (χ0n) is 12.2. The summed E-state index contributed by atoms with van der Waals surface area (Å²) in [6, 6.07) is 0. The number of hydrogen-bond donors (Lipinski definition) is 0. The van der Waals surface area contributed by atoms with Gasteiger partial charge in [0.15, 0.2) is 0 Å². The van der Waals surface area contributed by atoms with Gasteiger partial charge in [0.2, 0.25) is 0 Å². The van der Waals surface area contributed by atoms with Gasteiger partial charge in [-0.05, 0) is 0 Å². The van der Waals surface area contributed by atoms with Crippen molar-refractivity contribution < 1.29 is 16.6 Å². The molecular weight excluding hydrogens is 343 g/mol. The van der Waals surface area contributed by atoms with E-state index in [1.165, 1.54) is 0 Å². The van der Waals surface area contributed by atoms with E-state index in [9.17, 15) is 0 Å². The summed E-state index contributed by atoms with van der Waals surface area (Å²) >= 11 is 0.593. The molecule has 0 fully saturated rings. The second-order valence-corrected chi connectivity index (χ2v) is 22.0. The average molecular weight is 367 g/mol. The van der Waals surface area contributed by atoms with E-state index in [-0.39, 0.29) is 37.2 Å². The van der Waals surface area contributed by atoms with Gasteiger partial charge in [0.25, 0.3) is 0 Å². The molecule has 2 aliphatic carbocycles. The summed E-state index contributed by atoms with van der Waals surface area (Å²) in [5.74, 6) is 0. The second-order valence-electron chi connectivity index (χ2n) is 4.13. The Hall–Kier alpha value is 0.688. The maximum atomic E-state index is 2.99. The molecule has 0 aromatic rings. The molecule has 0 atom stereocenters. The Morgan fingerprint density at radius 3 is 1.21 bits per heavy atom. The number of hydrogen-bond acceptors (Lipinski definition) is 0. The van der Waals surface area contributed by atoms with Crippen molar-refractivity contribution in [1.29, 1.82) is 0 Å². The Balaban J connectivity index is -0.000000194. The summed E-state index contributed by atoms with van der Waals surface area (Å²) in [5.41, 5.74) is 0. The maximum absolute atomic E-state index is 2.99. The van der Waals surface area contributed by atoms with Crippen LogP contribution in [0.2, 0.25) is 26.2 Å². The molecule has 0 unspecified atom stereocenters. The smallest absolute Gasteiger partial charge is 0.109 e. The predicted octanol–water partition coefficient (Wildman–Crippen LogP) is 5.03. The van der Waals surface area contributed by atoms with Gasteiger partial charge in [-0.3, -0.25) is 12.2 Å². The predicted molar refractivity (Wildman–Crippen MR) is 92.6 cm³/mol. The van der Waals surface area contributed by atoms with Crippen molar-refractivity contribution in [3.63, 3.8) is 0 Å².